The molecule has 0 N–H and O–H groups in total. The summed E-state index contributed by atoms with van der Waals surface area (Å²) >= 11 is 0. The summed E-state index contributed by atoms with van der Waals surface area (Å²) in [4.78, 5) is 15.8. The fourth-order valence-electron chi connectivity index (χ4n) is 3.30. The number of piperidine rings is 1. The summed E-state index contributed by atoms with van der Waals surface area (Å²) < 4.78 is 0. The van der Waals surface area contributed by atoms with Crippen LogP contribution >= 0.6 is 0 Å². The molecule has 0 radical (unpaired) electrons. The number of anilines is 1. The Morgan fingerprint density at radius 3 is 2.76 bits per heavy atom. The molecule has 1 saturated heterocycles. The summed E-state index contributed by atoms with van der Waals surface area (Å²) in [5, 5.41) is 8.53. The quantitative estimate of drug-likeness (QED) is 0.734. The van der Waals surface area contributed by atoms with Crippen molar-refractivity contribution in [1.82, 2.24) is 25.1 Å². The summed E-state index contributed by atoms with van der Waals surface area (Å²) in [6.45, 7) is 3.88. The number of aryl methyl sites for hydroxylation is 1. The summed E-state index contributed by atoms with van der Waals surface area (Å²) in [7, 11) is 0. The third kappa shape index (κ3) is 3.33. The molecule has 3 aromatic rings. The van der Waals surface area contributed by atoms with Gasteiger partial charge in [0.2, 0.25) is 5.95 Å². The van der Waals surface area contributed by atoms with Gasteiger partial charge in [-0.05, 0) is 31.4 Å². The topological polar surface area (TPSA) is 67.7 Å². The zero-order valence-electron chi connectivity index (χ0n) is 14.2. The number of rotatable bonds is 3. The first-order valence-corrected chi connectivity index (χ1v) is 8.59. The molecule has 0 amide bonds. The summed E-state index contributed by atoms with van der Waals surface area (Å²) in [6.07, 6.45) is 7.43. The molecule has 25 heavy (non-hydrogen) atoms. The van der Waals surface area contributed by atoms with Crippen molar-refractivity contribution in [2.24, 2.45) is 0 Å². The van der Waals surface area contributed by atoms with Crippen LogP contribution in [0.1, 0.15) is 30.1 Å². The SMILES string of the molecule is Cc1ccccc1-c1cnnc(C2CCCN(c3ncccn3)C2)n1. The Morgan fingerprint density at radius 1 is 1.08 bits per heavy atom. The standard InChI is InChI=1S/C19H20N6/c1-14-6-2-3-8-16(14)17-12-22-24-18(23-17)15-7-4-11-25(13-15)19-20-9-5-10-21-19/h2-3,5-6,8-10,12,15H,4,7,11,13H2,1H3. The molecule has 1 aromatic carbocycles. The van der Waals surface area contributed by atoms with Crippen LogP contribution in [0.2, 0.25) is 0 Å². The van der Waals surface area contributed by atoms with Crippen molar-refractivity contribution >= 4 is 5.95 Å². The van der Waals surface area contributed by atoms with E-state index in [9.17, 15) is 0 Å². The van der Waals surface area contributed by atoms with E-state index >= 15 is 0 Å². The van der Waals surface area contributed by atoms with Gasteiger partial charge in [0, 0.05) is 37.0 Å². The number of nitrogens with zero attached hydrogens (tertiary/aromatic N) is 6. The Bertz CT molecular complexity index is 851. The van der Waals surface area contributed by atoms with Gasteiger partial charge in [-0.1, -0.05) is 24.3 Å². The van der Waals surface area contributed by atoms with Crippen molar-refractivity contribution in [3.8, 4) is 11.3 Å². The van der Waals surface area contributed by atoms with Crippen LogP contribution in [-0.2, 0) is 0 Å². The Hall–Kier alpha value is -2.89. The van der Waals surface area contributed by atoms with Crippen molar-refractivity contribution in [3.63, 3.8) is 0 Å². The normalized spacial score (nSPS) is 17.5. The van der Waals surface area contributed by atoms with Gasteiger partial charge in [0.05, 0.1) is 11.9 Å². The van der Waals surface area contributed by atoms with E-state index in [2.05, 4.69) is 44.1 Å². The fraction of sp³-hybridized carbons (Fsp3) is 0.316. The molecule has 1 atom stereocenters. The van der Waals surface area contributed by atoms with Crippen LogP contribution in [0.4, 0.5) is 5.95 Å². The van der Waals surface area contributed by atoms with E-state index in [-0.39, 0.29) is 5.92 Å². The average molecular weight is 332 g/mol. The van der Waals surface area contributed by atoms with E-state index in [4.69, 9.17) is 4.98 Å². The molecule has 6 nitrogen and oxygen atoms in total. The maximum atomic E-state index is 4.81. The molecule has 4 rings (SSSR count). The lowest BCUT2D eigenvalue weighted by molar-refractivity contribution is 0.481. The molecule has 3 heterocycles. The lowest BCUT2D eigenvalue weighted by atomic mass is 9.97. The van der Waals surface area contributed by atoms with E-state index in [0.717, 1.165) is 49.0 Å². The highest BCUT2D eigenvalue weighted by Gasteiger charge is 2.25. The molecule has 1 unspecified atom stereocenters. The Balaban J connectivity index is 1.60. The maximum Gasteiger partial charge on any atom is 0.225 e. The molecule has 1 aliphatic heterocycles. The van der Waals surface area contributed by atoms with Gasteiger partial charge in [0.25, 0.3) is 0 Å². The zero-order valence-corrected chi connectivity index (χ0v) is 14.2. The minimum Gasteiger partial charge on any atom is -0.340 e. The van der Waals surface area contributed by atoms with Gasteiger partial charge in [-0.25, -0.2) is 15.0 Å². The highest BCUT2D eigenvalue weighted by molar-refractivity contribution is 5.62. The minimum atomic E-state index is 0.244. The highest BCUT2D eigenvalue weighted by Crippen LogP contribution is 2.28. The lowest BCUT2D eigenvalue weighted by Crippen LogP contribution is -2.36. The number of benzene rings is 1. The molecular weight excluding hydrogens is 312 g/mol. The van der Waals surface area contributed by atoms with Crippen molar-refractivity contribution in [2.75, 3.05) is 18.0 Å². The molecule has 2 aromatic heterocycles. The molecule has 1 aliphatic rings. The molecule has 126 valence electrons. The van der Waals surface area contributed by atoms with Crippen molar-refractivity contribution < 1.29 is 0 Å². The second-order valence-corrected chi connectivity index (χ2v) is 6.35. The van der Waals surface area contributed by atoms with Crippen LogP contribution in [0, 0.1) is 6.92 Å². The largest absolute Gasteiger partial charge is 0.340 e. The first kappa shape index (κ1) is 15.6. The van der Waals surface area contributed by atoms with Crippen LogP contribution in [0.3, 0.4) is 0 Å². The molecule has 0 bridgehead atoms. The van der Waals surface area contributed by atoms with E-state index in [0.29, 0.717) is 0 Å². The van der Waals surface area contributed by atoms with Gasteiger partial charge in [-0.15, -0.1) is 5.10 Å². The molecular formula is C19H20N6. The molecule has 1 fully saturated rings. The number of hydrogen-bond acceptors (Lipinski definition) is 6. The van der Waals surface area contributed by atoms with Gasteiger partial charge in [0.1, 0.15) is 0 Å². The monoisotopic (exact) mass is 332 g/mol. The van der Waals surface area contributed by atoms with Gasteiger partial charge in [-0.3, -0.25) is 0 Å². The van der Waals surface area contributed by atoms with Crippen LogP contribution in [0.15, 0.2) is 48.9 Å². The van der Waals surface area contributed by atoms with Crippen molar-refractivity contribution in [1.29, 1.82) is 0 Å². The Kier molecular flexibility index (Phi) is 4.33. The van der Waals surface area contributed by atoms with Crippen molar-refractivity contribution in [2.45, 2.75) is 25.7 Å². The van der Waals surface area contributed by atoms with Crippen LogP contribution in [0.25, 0.3) is 11.3 Å². The zero-order chi connectivity index (χ0) is 17.1. The van der Waals surface area contributed by atoms with Crippen LogP contribution in [-0.4, -0.2) is 38.2 Å². The van der Waals surface area contributed by atoms with Gasteiger partial charge in [-0.2, -0.15) is 5.10 Å². The second-order valence-electron chi connectivity index (χ2n) is 6.35. The van der Waals surface area contributed by atoms with Crippen molar-refractivity contribution in [3.05, 3.63) is 60.3 Å². The lowest BCUT2D eigenvalue weighted by Gasteiger charge is -2.31. The van der Waals surface area contributed by atoms with Gasteiger partial charge in [0.15, 0.2) is 5.82 Å². The Labute approximate surface area is 147 Å². The first-order chi connectivity index (χ1) is 12.3. The third-order valence-corrected chi connectivity index (χ3v) is 4.62. The predicted molar refractivity (Wildman–Crippen MR) is 96.2 cm³/mol. The first-order valence-electron chi connectivity index (χ1n) is 8.59. The smallest absolute Gasteiger partial charge is 0.225 e. The summed E-state index contributed by atoms with van der Waals surface area (Å²) in [5.41, 5.74) is 3.19. The number of aromatic nitrogens is 5. The molecule has 6 heteroatoms. The van der Waals surface area contributed by atoms with Gasteiger partial charge < -0.3 is 4.90 Å². The highest BCUT2D eigenvalue weighted by atomic mass is 15.3. The van der Waals surface area contributed by atoms with E-state index in [1.165, 1.54) is 5.56 Å². The predicted octanol–water partition coefficient (Wildman–Crippen LogP) is 3.02. The average Bonchev–Trinajstić information content (AvgIpc) is 2.69. The number of hydrogen-bond donors (Lipinski definition) is 0. The Morgan fingerprint density at radius 2 is 1.92 bits per heavy atom. The summed E-state index contributed by atoms with van der Waals surface area (Å²) in [5.74, 6) is 1.82. The third-order valence-electron chi connectivity index (χ3n) is 4.62. The van der Waals surface area contributed by atoms with E-state index < -0.39 is 0 Å². The molecule has 0 aliphatic carbocycles. The van der Waals surface area contributed by atoms with E-state index in [1.807, 2.05) is 18.2 Å². The fourth-order valence-corrected chi connectivity index (χ4v) is 3.30. The van der Waals surface area contributed by atoms with Crippen LogP contribution < -0.4 is 4.90 Å². The van der Waals surface area contributed by atoms with Gasteiger partial charge >= 0.3 is 0 Å². The molecule has 0 spiro atoms. The van der Waals surface area contributed by atoms with E-state index in [1.54, 1.807) is 18.6 Å². The second kappa shape index (κ2) is 6.93. The maximum absolute atomic E-state index is 4.81. The van der Waals surface area contributed by atoms with Crippen LogP contribution in [0.5, 0.6) is 0 Å². The minimum absolute atomic E-state index is 0.244. The summed E-state index contributed by atoms with van der Waals surface area (Å²) in [6, 6.07) is 10.1. The molecule has 0 saturated carbocycles.